The second-order valence-corrected chi connectivity index (χ2v) is 16.0. The van der Waals surface area contributed by atoms with Crippen molar-refractivity contribution >= 4 is 40.6 Å². The monoisotopic (exact) mass is 886 g/mol. The molecule has 1 aromatic heterocycles. The van der Waals surface area contributed by atoms with Crippen LogP contribution in [0.5, 0.6) is 5.75 Å². The van der Waals surface area contributed by atoms with E-state index in [9.17, 15) is 9.90 Å². The van der Waals surface area contributed by atoms with Crippen LogP contribution in [0.15, 0.2) is 140 Å². The molecule has 6 aromatic rings. The van der Waals surface area contributed by atoms with Gasteiger partial charge in [-0.3, -0.25) is 19.3 Å². The number of methoxy groups -OCH3 is 1. The zero-order valence-corrected chi connectivity index (χ0v) is 36.0. The van der Waals surface area contributed by atoms with Crippen LogP contribution in [-0.4, -0.2) is 95.0 Å². The highest BCUT2D eigenvalue weighted by atomic mass is 16.6. The third kappa shape index (κ3) is 7.64. The molecule has 6 atom stereocenters. The molecule has 4 heterocycles. The number of carbonyl (C=O) groups excluding carboxylic acids is 4. The highest BCUT2D eigenvalue weighted by Crippen LogP contribution is 2.66. The summed E-state index contributed by atoms with van der Waals surface area (Å²) in [4.78, 5) is 64.0. The molecule has 1 spiro atoms. The molecule has 334 valence electrons. The molecule has 9 rings (SSSR count). The topological polar surface area (TPSA) is 175 Å². The van der Waals surface area contributed by atoms with Gasteiger partial charge in [0.15, 0.2) is 0 Å². The van der Waals surface area contributed by atoms with Gasteiger partial charge < -0.3 is 29.4 Å². The number of aromatic nitrogens is 3. The van der Waals surface area contributed by atoms with Crippen LogP contribution in [0.3, 0.4) is 0 Å². The number of anilines is 1. The Bertz CT molecular complexity index is 2860. The Kier molecular flexibility index (Phi) is 12.4. The molecule has 3 aliphatic heterocycles. The number of benzene rings is 5. The van der Waals surface area contributed by atoms with Crippen molar-refractivity contribution in [2.75, 3.05) is 45.0 Å². The van der Waals surface area contributed by atoms with Gasteiger partial charge >= 0.3 is 12.1 Å². The molecule has 0 aliphatic carbocycles. The second-order valence-electron chi connectivity index (χ2n) is 16.0. The molecule has 0 radical (unpaired) electrons. The lowest BCUT2D eigenvalue weighted by Crippen LogP contribution is -2.55. The van der Waals surface area contributed by atoms with Crippen LogP contribution in [0.2, 0.25) is 0 Å². The van der Waals surface area contributed by atoms with Crippen LogP contribution in [0.25, 0.3) is 11.0 Å². The first-order valence-corrected chi connectivity index (χ1v) is 21.5. The first-order valence-electron chi connectivity index (χ1n) is 21.5. The van der Waals surface area contributed by atoms with Crippen molar-refractivity contribution < 1.29 is 43.2 Å². The number of ether oxygens (including phenoxy) is 4. The van der Waals surface area contributed by atoms with Gasteiger partial charge in [-0.15, -0.1) is 11.7 Å². The number of para-hydroxylation sites is 1. The molecule has 2 N–H and O–H groups in total. The predicted octanol–water partition coefficient (Wildman–Crippen LogP) is 5.60. The summed E-state index contributed by atoms with van der Waals surface area (Å²) in [6, 6.07) is 35.0. The Labute approximate surface area is 380 Å². The normalized spacial score (nSPS) is 22.0. The molecule has 2 fully saturated rings. The van der Waals surface area contributed by atoms with Gasteiger partial charge in [-0.25, -0.2) is 14.4 Å². The van der Waals surface area contributed by atoms with E-state index >= 15 is 14.4 Å². The maximum absolute atomic E-state index is 16.2. The molecule has 2 saturated heterocycles. The minimum atomic E-state index is -2.04. The number of hydrogen-bond acceptors (Lipinski definition) is 12. The van der Waals surface area contributed by atoms with Gasteiger partial charge in [0.05, 0.1) is 42.4 Å². The van der Waals surface area contributed by atoms with E-state index in [1.807, 2.05) is 89.8 Å². The van der Waals surface area contributed by atoms with Crippen LogP contribution in [0.1, 0.15) is 46.0 Å². The first-order chi connectivity index (χ1) is 32.3. The van der Waals surface area contributed by atoms with Crippen molar-refractivity contribution in [1.82, 2.24) is 25.2 Å². The molecule has 5 aromatic carbocycles. The van der Waals surface area contributed by atoms with Crippen LogP contribution < -0.4 is 15.0 Å². The quantitative estimate of drug-likeness (QED) is 0.0637. The summed E-state index contributed by atoms with van der Waals surface area (Å²) in [5.74, 6) is 3.06. The lowest BCUT2D eigenvalue weighted by molar-refractivity contribution is -0.178. The number of fused-ring (bicyclic) bond motifs is 4. The molecular formula is C51H46N6O9. The number of hydrogen-bond donors (Lipinski definition) is 2. The summed E-state index contributed by atoms with van der Waals surface area (Å²) in [7, 11) is 1.46. The van der Waals surface area contributed by atoms with E-state index in [2.05, 4.69) is 34.0 Å². The Hall–Kier alpha value is -7.64. The highest BCUT2D eigenvalue weighted by molar-refractivity contribution is 6.23. The van der Waals surface area contributed by atoms with E-state index in [0.29, 0.717) is 28.0 Å². The number of aliphatic hydroxyl groups excluding tert-OH is 1. The van der Waals surface area contributed by atoms with Gasteiger partial charge in [-0.05, 0) is 64.7 Å². The van der Waals surface area contributed by atoms with E-state index in [1.54, 1.807) is 47.1 Å². The van der Waals surface area contributed by atoms with Crippen molar-refractivity contribution in [2.24, 2.45) is 5.92 Å². The third-order valence-corrected chi connectivity index (χ3v) is 12.3. The smallest absolute Gasteiger partial charge is 0.421 e. The fraction of sp³-hybridized carbons (Fsp3) is 0.255. The number of morpholine rings is 1. The van der Waals surface area contributed by atoms with E-state index in [-0.39, 0.29) is 50.8 Å². The van der Waals surface area contributed by atoms with Gasteiger partial charge in [0, 0.05) is 19.2 Å². The fourth-order valence-corrected chi connectivity index (χ4v) is 9.71. The molecular weight excluding hydrogens is 841 g/mol. The van der Waals surface area contributed by atoms with Gasteiger partial charge in [0.2, 0.25) is 11.8 Å². The van der Waals surface area contributed by atoms with Crippen molar-refractivity contribution in [3.05, 3.63) is 168 Å². The van der Waals surface area contributed by atoms with E-state index in [0.717, 1.165) is 16.0 Å². The molecule has 66 heavy (non-hydrogen) atoms. The van der Waals surface area contributed by atoms with Crippen LogP contribution in [-0.2, 0) is 40.6 Å². The summed E-state index contributed by atoms with van der Waals surface area (Å²) in [5.41, 5.74) is 2.26. The van der Waals surface area contributed by atoms with Crippen molar-refractivity contribution in [2.45, 2.75) is 36.2 Å². The number of rotatable bonds is 13. The maximum atomic E-state index is 16.2. The zero-order chi connectivity index (χ0) is 45.8. The maximum Gasteiger partial charge on any atom is 0.421 e. The molecule has 3 amide bonds. The number of amides is 3. The van der Waals surface area contributed by atoms with Crippen LogP contribution in [0, 0.1) is 17.8 Å². The number of nitrogens with one attached hydrogen (secondary N) is 1. The largest absolute Gasteiger partial charge is 0.491 e. The van der Waals surface area contributed by atoms with Crippen molar-refractivity contribution in [1.29, 1.82) is 0 Å². The Morgan fingerprint density at radius 3 is 2.38 bits per heavy atom. The van der Waals surface area contributed by atoms with E-state index in [1.165, 1.54) is 13.2 Å². The summed E-state index contributed by atoms with van der Waals surface area (Å²) >= 11 is 0. The van der Waals surface area contributed by atoms with Gasteiger partial charge in [0.25, 0.3) is 0 Å². The standard InChI is InChI=1S/C51H46N6O9/c1-3-25-52-47(59)42-44-48(60)66-45(35-17-8-5-9-18-35)43(34-15-6-4-7-16-34)57(44)46(36-19-12-20-37(32-36)64-28-27-58)51(42)38-31-33(14-13-26-55-41-22-11-10-21-39(41)53-54-55)23-24-40(38)56(49(51)61)50(62)65-30-29-63-2/h3-12,15-24,31-32,42-46,58H,1,25-30H2,2H3,(H,52,59)/t42-,43-,44-,45+,46+,51-/m0/s1. The highest BCUT2D eigenvalue weighted by Gasteiger charge is 2.75. The first kappa shape index (κ1) is 43.6. The lowest BCUT2D eigenvalue weighted by atomic mass is 9.65. The molecule has 0 bridgehead atoms. The molecule has 0 saturated carbocycles. The van der Waals surface area contributed by atoms with Crippen molar-refractivity contribution in [3.63, 3.8) is 0 Å². The van der Waals surface area contributed by atoms with E-state index < -0.39 is 59.4 Å². The zero-order valence-electron chi connectivity index (χ0n) is 36.0. The third-order valence-electron chi connectivity index (χ3n) is 12.3. The fourth-order valence-electron chi connectivity index (χ4n) is 9.71. The number of cyclic esters (lactones) is 1. The van der Waals surface area contributed by atoms with E-state index in [4.69, 9.17) is 18.9 Å². The van der Waals surface area contributed by atoms with Gasteiger partial charge in [0.1, 0.15) is 48.6 Å². The van der Waals surface area contributed by atoms with Crippen molar-refractivity contribution in [3.8, 4) is 17.6 Å². The number of esters is 1. The molecule has 3 aliphatic rings. The lowest BCUT2D eigenvalue weighted by Gasteiger charge is -2.46. The second kappa shape index (κ2) is 18.8. The number of imide groups is 1. The average molecular weight is 887 g/mol. The molecule has 15 nitrogen and oxygen atoms in total. The minimum absolute atomic E-state index is 0.00336. The summed E-state index contributed by atoms with van der Waals surface area (Å²) in [5, 5.41) is 21.2. The number of carbonyl (C=O) groups is 4. The number of nitrogens with zero attached hydrogens (tertiary/aromatic N) is 5. The number of aliphatic hydroxyl groups is 1. The Morgan fingerprint density at radius 1 is 0.879 bits per heavy atom. The van der Waals surface area contributed by atoms with Gasteiger partial charge in [-0.2, -0.15) is 0 Å². The van der Waals surface area contributed by atoms with Gasteiger partial charge in [-0.1, -0.05) is 108 Å². The SMILES string of the molecule is C=CCNC(=O)[C@@H]1[C@H]2C(=O)O[C@H](c3ccccc3)[C@H](c3ccccc3)N2[C@H](c2cccc(OCCO)c2)[C@@]12C(=O)N(C(=O)OCCOC)c1ccc(C#CCn3nnc4ccccc43)cc12. The van der Waals surface area contributed by atoms with Crippen LogP contribution in [0.4, 0.5) is 10.5 Å². The average Bonchev–Trinajstić information content (AvgIpc) is 3.99. The molecule has 0 unspecified atom stereocenters. The predicted molar refractivity (Wildman–Crippen MR) is 242 cm³/mol. The summed E-state index contributed by atoms with van der Waals surface area (Å²) in [6.45, 7) is 3.59. The summed E-state index contributed by atoms with van der Waals surface area (Å²) in [6.07, 6.45) is -0.411. The molecule has 15 heteroatoms. The Balaban J connectivity index is 1.32. The minimum Gasteiger partial charge on any atom is -0.491 e. The van der Waals surface area contributed by atoms with Crippen LogP contribution >= 0.6 is 0 Å². The Morgan fingerprint density at radius 2 is 1.62 bits per heavy atom. The summed E-state index contributed by atoms with van der Waals surface area (Å²) < 4.78 is 25.0.